The smallest absolute Gasteiger partial charge is 0.168 e. The quantitative estimate of drug-likeness (QED) is 0.776. The zero-order chi connectivity index (χ0) is 11.1. The summed E-state index contributed by atoms with van der Waals surface area (Å²) in [5.41, 5.74) is 0. The Labute approximate surface area is 92.4 Å². The molecule has 1 aliphatic heterocycles. The van der Waals surface area contributed by atoms with Crippen LogP contribution in [-0.4, -0.2) is 45.9 Å². The first-order chi connectivity index (χ1) is 6.98. The van der Waals surface area contributed by atoms with Crippen molar-refractivity contribution in [3.05, 3.63) is 12.4 Å². The summed E-state index contributed by atoms with van der Waals surface area (Å²) < 4.78 is 24.3. The van der Waals surface area contributed by atoms with Crippen molar-refractivity contribution in [1.82, 2.24) is 9.55 Å². The van der Waals surface area contributed by atoms with Gasteiger partial charge in [-0.15, -0.1) is 0 Å². The van der Waals surface area contributed by atoms with Crippen molar-refractivity contribution in [2.75, 3.05) is 11.5 Å². The molecule has 0 aliphatic carbocycles. The maximum absolute atomic E-state index is 11.3. The average molecular weight is 248 g/mol. The van der Waals surface area contributed by atoms with E-state index in [-0.39, 0.29) is 16.8 Å². The van der Waals surface area contributed by atoms with E-state index >= 15 is 0 Å². The number of aryl methyl sites for hydroxylation is 1. The van der Waals surface area contributed by atoms with Crippen molar-refractivity contribution in [3.63, 3.8) is 0 Å². The van der Waals surface area contributed by atoms with Gasteiger partial charge in [-0.25, -0.2) is 13.4 Å². The molecule has 1 aromatic heterocycles. The first-order valence-electron chi connectivity index (χ1n) is 4.50. The minimum atomic E-state index is -3.07. The van der Waals surface area contributed by atoms with Gasteiger partial charge >= 0.3 is 0 Å². The number of thioether (sulfide) groups is 1. The predicted octanol–water partition coefficient (Wildman–Crippen LogP) is -0.330. The van der Waals surface area contributed by atoms with Crippen LogP contribution in [0.5, 0.6) is 0 Å². The number of imidazole rings is 1. The lowest BCUT2D eigenvalue weighted by Gasteiger charge is -2.10. The number of rotatable bonds is 2. The average Bonchev–Trinajstić information content (AvgIpc) is 2.59. The first kappa shape index (κ1) is 11.0. The Morgan fingerprint density at radius 3 is 2.80 bits per heavy atom. The molecule has 1 saturated heterocycles. The Hall–Kier alpha value is -0.530. The number of hydrogen-bond donors (Lipinski definition) is 1. The van der Waals surface area contributed by atoms with Gasteiger partial charge in [-0.1, -0.05) is 11.8 Å². The second kappa shape index (κ2) is 3.80. The zero-order valence-corrected chi connectivity index (χ0v) is 9.83. The highest BCUT2D eigenvalue weighted by Crippen LogP contribution is 2.29. The maximum Gasteiger partial charge on any atom is 0.168 e. The van der Waals surface area contributed by atoms with E-state index in [2.05, 4.69) is 4.98 Å². The molecule has 0 aromatic carbocycles. The number of aliphatic hydroxyl groups excluding tert-OH is 1. The van der Waals surface area contributed by atoms with Crippen LogP contribution in [0.3, 0.4) is 0 Å². The van der Waals surface area contributed by atoms with E-state index in [0.29, 0.717) is 0 Å². The van der Waals surface area contributed by atoms with Crippen LogP contribution in [0.25, 0.3) is 0 Å². The number of sulfone groups is 1. The largest absolute Gasteiger partial charge is 0.391 e. The van der Waals surface area contributed by atoms with Gasteiger partial charge in [0.25, 0.3) is 0 Å². The second-order valence-electron chi connectivity index (χ2n) is 3.62. The molecule has 0 amide bonds. The molecule has 1 fully saturated rings. The fraction of sp³-hybridized carbons (Fsp3) is 0.625. The van der Waals surface area contributed by atoms with E-state index in [9.17, 15) is 13.5 Å². The van der Waals surface area contributed by atoms with E-state index < -0.39 is 15.9 Å². The Kier molecular flexibility index (Phi) is 2.78. The Morgan fingerprint density at radius 2 is 2.33 bits per heavy atom. The van der Waals surface area contributed by atoms with Crippen molar-refractivity contribution in [3.8, 4) is 0 Å². The number of aromatic nitrogens is 2. The van der Waals surface area contributed by atoms with Gasteiger partial charge in [0.05, 0.1) is 22.9 Å². The van der Waals surface area contributed by atoms with Crippen LogP contribution in [0.1, 0.15) is 0 Å². The summed E-state index contributed by atoms with van der Waals surface area (Å²) in [4.78, 5) is 4.08. The molecule has 2 heterocycles. The molecular formula is C8H12N2O3S2. The number of hydrogen-bond acceptors (Lipinski definition) is 5. The Morgan fingerprint density at radius 1 is 1.60 bits per heavy atom. The second-order valence-corrected chi connectivity index (χ2v) is 6.98. The lowest BCUT2D eigenvalue weighted by molar-refractivity contribution is 0.207. The molecule has 0 bridgehead atoms. The maximum atomic E-state index is 11.3. The SMILES string of the molecule is Cn1ccnc1S[C@@H]1CS(=O)(=O)C[C@H]1O. The molecule has 15 heavy (non-hydrogen) atoms. The van der Waals surface area contributed by atoms with Gasteiger partial charge in [-0.3, -0.25) is 0 Å². The normalized spacial score (nSPS) is 29.5. The van der Waals surface area contributed by atoms with Crippen LogP contribution in [0, 0.1) is 0 Å². The summed E-state index contributed by atoms with van der Waals surface area (Å²) in [6.07, 6.45) is 2.66. The molecule has 2 atom stereocenters. The van der Waals surface area contributed by atoms with Gasteiger partial charge in [0.1, 0.15) is 0 Å². The van der Waals surface area contributed by atoms with Gasteiger partial charge < -0.3 is 9.67 Å². The summed E-state index contributed by atoms with van der Waals surface area (Å²) in [6.45, 7) is 0. The summed E-state index contributed by atoms with van der Waals surface area (Å²) in [7, 11) is -1.23. The van der Waals surface area contributed by atoms with Gasteiger partial charge in [0.2, 0.25) is 0 Å². The van der Waals surface area contributed by atoms with E-state index in [0.717, 1.165) is 5.16 Å². The van der Waals surface area contributed by atoms with Gasteiger partial charge in [0.15, 0.2) is 15.0 Å². The van der Waals surface area contributed by atoms with Crippen LogP contribution >= 0.6 is 11.8 Å². The molecule has 5 nitrogen and oxygen atoms in total. The van der Waals surface area contributed by atoms with Crippen molar-refractivity contribution < 1.29 is 13.5 Å². The molecule has 2 rings (SSSR count). The highest BCUT2D eigenvalue weighted by atomic mass is 32.2. The molecule has 7 heteroatoms. The summed E-state index contributed by atoms with van der Waals surface area (Å²) in [5.74, 6) is -0.0964. The third kappa shape index (κ3) is 2.35. The highest BCUT2D eigenvalue weighted by Gasteiger charge is 2.37. The van der Waals surface area contributed by atoms with E-state index in [1.54, 1.807) is 12.4 Å². The van der Waals surface area contributed by atoms with Gasteiger partial charge in [0, 0.05) is 19.4 Å². The fourth-order valence-electron chi connectivity index (χ4n) is 1.51. The molecule has 0 radical (unpaired) electrons. The van der Waals surface area contributed by atoms with Crippen molar-refractivity contribution in [1.29, 1.82) is 0 Å². The summed E-state index contributed by atoms with van der Waals surface area (Å²) in [5, 5.41) is 10.0. The fourth-order valence-corrected chi connectivity index (χ4v) is 5.01. The summed E-state index contributed by atoms with van der Waals surface area (Å²) in [6, 6.07) is 0. The third-order valence-electron chi connectivity index (χ3n) is 2.31. The monoisotopic (exact) mass is 248 g/mol. The molecule has 1 aliphatic rings. The molecule has 0 spiro atoms. The van der Waals surface area contributed by atoms with Gasteiger partial charge in [-0.2, -0.15) is 0 Å². The highest BCUT2D eigenvalue weighted by molar-refractivity contribution is 8.01. The molecule has 84 valence electrons. The minimum Gasteiger partial charge on any atom is -0.391 e. The predicted molar refractivity (Wildman–Crippen MR) is 57.5 cm³/mol. The van der Waals surface area contributed by atoms with Crippen LogP contribution in [-0.2, 0) is 16.9 Å². The summed E-state index contributed by atoms with van der Waals surface area (Å²) >= 11 is 1.32. The topological polar surface area (TPSA) is 72.2 Å². The van der Waals surface area contributed by atoms with Crippen molar-refractivity contribution in [2.24, 2.45) is 7.05 Å². The number of aliphatic hydroxyl groups is 1. The van der Waals surface area contributed by atoms with Crippen LogP contribution in [0.15, 0.2) is 17.6 Å². The molecule has 1 N–H and O–H groups in total. The van der Waals surface area contributed by atoms with Gasteiger partial charge in [-0.05, 0) is 0 Å². The number of nitrogens with zero attached hydrogens (tertiary/aromatic N) is 2. The molecule has 0 saturated carbocycles. The lowest BCUT2D eigenvalue weighted by Crippen LogP contribution is -2.20. The zero-order valence-electron chi connectivity index (χ0n) is 8.20. The standard InChI is InChI=1S/C8H12N2O3S2/c1-10-3-2-9-8(10)14-7-5-15(12,13)4-6(7)11/h2-3,6-7,11H,4-5H2,1H3/t6-,7-/m1/s1. The van der Waals surface area contributed by atoms with E-state index in [1.807, 2.05) is 11.6 Å². The van der Waals surface area contributed by atoms with Crippen LogP contribution < -0.4 is 0 Å². The minimum absolute atomic E-state index is 0.0334. The third-order valence-corrected chi connectivity index (χ3v) is 5.62. The molecular weight excluding hydrogens is 236 g/mol. The lowest BCUT2D eigenvalue weighted by atomic mass is 10.3. The Balaban J connectivity index is 2.11. The van der Waals surface area contributed by atoms with Crippen LogP contribution in [0.2, 0.25) is 0 Å². The van der Waals surface area contributed by atoms with Crippen molar-refractivity contribution >= 4 is 21.6 Å². The van der Waals surface area contributed by atoms with E-state index in [1.165, 1.54) is 11.8 Å². The van der Waals surface area contributed by atoms with Crippen molar-refractivity contribution in [2.45, 2.75) is 16.5 Å². The first-order valence-corrected chi connectivity index (χ1v) is 7.20. The molecule has 1 aromatic rings. The van der Waals surface area contributed by atoms with Crippen LogP contribution in [0.4, 0.5) is 0 Å². The Bertz CT molecular complexity index is 454. The molecule has 0 unspecified atom stereocenters. The van der Waals surface area contributed by atoms with E-state index in [4.69, 9.17) is 0 Å².